The molecule has 4 fully saturated rings. The summed E-state index contributed by atoms with van der Waals surface area (Å²) in [4.78, 5) is 20.3. The number of thiazole rings is 1. The number of carbonyl (C=O) groups excluding carboxylic acids is 1. The average Bonchev–Trinajstić information content (AvgIpc) is 3.06. The fraction of sp³-hybridized carbons (Fsp3) is 0.615. The molecule has 1 aromatic carbocycles. The third-order valence-corrected chi connectivity index (χ3v) is 9.28. The van der Waals surface area contributed by atoms with Crippen LogP contribution in [0.25, 0.3) is 0 Å². The van der Waals surface area contributed by atoms with Gasteiger partial charge < -0.3 is 18.8 Å². The van der Waals surface area contributed by atoms with Crippen molar-refractivity contribution in [2.24, 2.45) is 28.2 Å². The van der Waals surface area contributed by atoms with Gasteiger partial charge in [-0.05, 0) is 82.3 Å². The maximum atomic E-state index is 13.6. The van der Waals surface area contributed by atoms with Crippen LogP contribution in [0, 0.1) is 37.0 Å². The van der Waals surface area contributed by atoms with E-state index in [1.165, 1.54) is 24.1 Å². The molecule has 0 unspecified atom stereocenters. The van der Waals surface area contributed by atoms with E-state index in [-0.39, 0.29) is 11.3 Å². The van der Waals surface area contributed by atoms with Crippen LogP contribution in [0.3, 0.4) is 0 Å². The fourth-order valence-corrected chi connectivity index (χ4v) is 7.93. The molecule has 0 radical (unpaired) electrons. The van der Waals surface area contributed by atoms with Gasteiger partial charge in [0.1, 0.15) is 19.8 Å². The number of fused-ring (bicyclic) bond motifs is 1. The summed E-state index contributed by atoms with van der Waals surface area (Å²) in [7, 11) is 0. The van der Waals surface area contributed by atoms with Crippen LogP contribution < -0.4 is 19.0 Å². The van der Waals surface area contributed by atoms with Crippen molar-refractivity contribution in [1.82, 2.24) is 4.57 Å². The molecule has 6 nitrogen and oxygen atoms in total. The second-order valence-corrected chi connectivity index (χ2v) is 11.6. The van der Waals surface area contributed by atoms with Crippen LogP contribution in [-0.2, 0) is 11.3 Å². The number of aryl methyl sites for hydroxylation is 1. The van der Waals surface area contributed by atoms with Crippen molar-refractivity contribution in [3.05, 3.63) is 33.6 Å². The van der Waals surface area contributed by atoms with Crippen molar-refractivity contribution in [2.75, 3.05) is 19.8 Å². The summed E-state index contributed by atoms with van der Waals surface area (Å²) in [5, 5.41) is 0. The number of hydrogen-bond donors (Lipinski definition) is 0. The number of ether oxygens (including phenoxy) is 3. The molecule has 2 aromatic rings. The second-order valence-electron chi connectivity index (χ2n) is 10.4. The molecule has 0 spiro atoms. The molecule has 0 N–H and O–H groups in total. The third-order valence-electron chi connectivity index (χ3n) is 8.18. The Balaban J connectivity index is 1.22. The zero-order valence-corrected chi connectivity index (χ0v) is 20.3. The Labute approximate surface area is 198 Å². The largest absolute Gasteiger partial charge is 0.488 e. The molecule has 5 aliphatic rings. The van der Waals surface area contributed by atoms with Crippen LogP contribution in [-0.4, -0.2) is 30.3 Å². The van der Waals surface area contributed by atoms with Gasteiger partial charge in [0.05, 0.1) is 12.0 Å². The molecule has 4 aliphatic carbocycles. The molecule has 4 bridgehead atoms. The minimum atomic E-state index is -0.199. The van der Waals surface area contributed by atoms with Gasteiger partial charge >= 0.3 is 0 Å². The number of benzene rings is 1. The summed E-state index contributed by atoms with van der Waals surface area (Å²) in [6.45, 7) is 6.39. The molecule has 7 rings (SSSR count). The zero-order valence-electron chi connectivity index (χ0n) is 19.5. The minimum Gasteiger partial charge on any atom is -0.488 e. The van der Waals surface area contributed by atoms with Crippen LogP contribution in [0.1, 0.15) is 49.1 Å². The van der Waals surface area contributed by atoms with Crippen LogP contribution >= 0.6 is 11.3 Å². The number of nitrogens with zero attached hydrogens (tertiary/aromatic N) is 2. The monoisotopic (exact) mass is 468 g/mol. The molecule has 1 aromatic heterocycles. The van der Waals surface area contributed by atoms with Crippen LogP contribution in [0.2, 0.25) is 0 Å². The Morgan fingerprint density at radius 1 is 1.12 bits per heavy atom. The van der Waals surface area contributed by atoms with E-state index >= 15 is 0 Å². The standard InChI is InChI=1S/C26H32N2O4S/c1-16-17(2)33-25(27-24(29)26-13-18-10-19(14-26)12-20(11-18)15-26)28(16)6-7-30-21-4-3-5-22-23(21)32-9-8-31-22/h3-5,18-20H,6-15H2,1-2H3/b27-25-. The lowest BCUT2D eigenvalue weighted by molar-refractivity contribution is -0.142. The Kier molecular flexibility index (Phi) is 5.28. The highest BCUT2D eigenvalue weighted by Gasteiger charge is 2.54. The van der Waals surface area contributed by atoms with E-state index < -0.39 is 0 Å². The SMILES string of the molecule is Cc1s/c(=N\C(=O)C23CC4CC(CC(C4)C2)C3)n(CCOc2cccc3c2OCCO3)c1C. The summed E-state index contributed by atoms with van der Waals surface area (Å²) < 4.78 is 19.6. The molecule has 176 valence electrons. The smallest absolute Gasteiger partial charge is 0.254 e. The van der Waals surface area contributed by atoms with Crippen LogP contribution in [0.4, 0.5) is 0 Å². The molecular weight excluding hydrogens is 436 g/mol. The molecule has 7 heteroatoms. The van der Waals surface area contributed by atoms with Crippen LogP contribution in [0.5, 0.6) is 17.2 Å². The number of hydrogen-bond acceptors (Lipinski definition) is 5. The summed E-state index contributed by atoms with van der Waals surface area (Å²) in [5.74, 6) is 4.45. The van der Waals surface area contributed by atoms with Crippen molar-refractivity contribution in [3.8, 4) is 17.2 Å². The molecule has 1 amide bonds. The lowest BCUT2D eigenvalue weighted by Crippen LogP contribution is -2.50. The van der Waals surface area contributed by atoms with Gasteiger partial charge in [-0.15, -0.1) is 11.3 Å². The predicted octanol–water partition coefficient (Wildman–Crippen LogP) is 4.66. The van der Waals surface area contributed by atoms with Crippen molar-refractivity contribution < 1.29 is 19.0 Å². The lowest BCUT2D eigenvalue weighted by atomic mass is 9.49. The van der Waals surface area contributed by atoms with Gasteiger partial charge in [0.25, 0.3) is 5.91 Å². The highest BCUT2D eigenvalue weighted by molar-refractivity contribution is 7.09. The summed E-state index contributed by atoms with van der Waals surface area (Å²) in [6.07, 6.45) is 7.15. The molecular formula is C26H32N2O4S. The van der Waals surface area contributed by atoms with E-state index in [0.717, 1.165) is 53.3 Å². The average molecular weight is 469 g/mol. The number of amides is 1. The highest BCUT2D eigenvalue weighted by atomic mass is 32.1. The first kappa shape index (κ1) is 21.3. The first-order valence-corrected chi connectivity index (χ1v) is 13.1. The summed E-state index contributed by atoms with van der Waals surface area (Å²) in [6, 6.07) is 5.72. The maximum Gasteiger partial charge on any atom is 0.254 e. The van der Waals surface area contributed by atoms with Gasteiger partial charge in [0.15, 0.2) is 16.3 Å². The fourth-order valence-electron chi connectivity index (χ4n) is 6.93. The Hall–Kier alpha value is -2.28. The van der Waals surface area contributed by atoms with Gasteiger partial charge in [-0.3, -0.25) is 4.79 Å². The Bertz CT molecular complexity index is 1110. The molecule has 0 atom stereocenters. The number of rotatable bonds is 5. The Morgan fingerprint density at radius 2 is 1.82 bits per heavy atom. The Morgan fingerprint density at radius 3 is 2.55 bits per heavy atom. The van der Waals surface area contributed by atoms with E-state index in [1.807, 2.05) is 18.2 Å². The third kappa shape index (κ3) is 3.78. The first-order chi connectivity index (χ1) is 16.0. The lowest BCUT2D eigenvalue weighted by Gasteiger charge is -2.55. The van der Waals surface area contributed by atoms with Crippen molar-refractivity contribution in [3.63, 3.8) is 0 Å². The maximum absolute atomic E-state index is 13.6. The van der Waals surface area contributed by atoms with E-state index in [2.05, 4.69) is 18.4 Å². The molecule has 0 saturated heterocycles. The molecule has 1 aliphatic heterocycles. The second kappa shape index (κ2) is 8.19. The van der Waals surface area contributed by atoms with E-state index in [9.17, 15) is 4.79 Å². The molecule has 4 saturated carbocycles. The zero-order chi connectivity index (χ0) is 22.6. The minimum absolute atomic E-state index is 0.125. The van der Waals surface area contributed by atoms with E-state index in [0.29, 0.717) is 37.9 Å². The first-order valence-electron chi connectivity index (χ1n) is 12.3. The van der Waals surface area contributed by atoms with E-state index in [1.54, 1.807) is 11.3 Å². The molecule has 2 heterocycles. The van der Waals surface area contributed by atoms with Gasteiger partial charge in [0.2, 0.25) is 5.75 Å². The molecule has 33 heavy (non-hydrogen) atoms. The summed E-state index contributed by atoms with van der Waals surface area (Å²) in [5.41, 5.74) is 0.949. The van der Waals surface area contributed by atoms with Crippen molar-refractivity contribution in [2.45, 2.75) is 58.9 Å². The highest BCUT2D eigenvalue weighted by Crippen LogP contribution is 2.60. The topological polar surface area (TPSA) is 62.1 Å². The number of para-hydroxylation sites is 1. The van der Waals surface area contributed by atoms with Crippen LogP contribution in [0.15, 0.2) is 23.2 Å². The summed E-state index contributed by atoms with van der Waals surface area (Å²) >= 11 is 1.62. The normalized spacial score (nSPS) is 30.0. The predicted molar refractivity (Wildman–Crippen MR) is 126 cm³/mol. The number of aromatic nitrogens is 1. The van der Waals surface area contributed by atoms with Crippen molar-refractivity contribution in [1.29, 1.82) is 0 Å². The van der Waals surface area contributed by atoms with Crippen molar-refractivity contribution >= 4 is 17.2 Å². The number of carbonyl (C=O) groups is 1. The van der Waals surface area contributed by atoms with E-state index in [4.69, 9.17) is 19.2 Å². The quantitative estimate of drug-likeness (QED) is 0.640. The van der Waals surface area contributed by atoms with Gasteiger partial charge in [-0.2, -0.15) is 4.99 Å². The van der Waals surface area contributed by atoms with Gasteiger partial charge in [0, 0.05) is 10.6 Å². The van der Waals surface area contributed by atoms with Gasteiger partial charge in [-0.25, -0.2) is 0 Å². The van der Waals surface area contributed by atoms with Gasteiger partial charge in [-0.1, -0.05) is 6.07 Å².